The van der Waals surface area contributed by atoms with Crippen LogP contribution in [0.4, 0.5) is 5.82 Å². The molecule has 10 heteroatoms. The summed E-state index contributed by atoms with van der Waals surface area (Å²) in [5.74, 6) is -0.491. The predicted octanol–water partition coefficient (Wildman–Crippen LogP) is 2.36. The third-order valence-electron chi connectivity index (χ3n) is 4.42. The quantitative estimate of drug-likeness (QED) is 0.386. The summed E-state index contributed by atoms with van der Waals surface area (Å²) in [6.07, 6.45) is 0. The monoisotopic (exact) mass is 402 g/mol. The molecule has 3 N–H and O–H groups in total. The molecule has 4 aromatic rings. The zero-order chi connectivity index (χ0) is 21.1. The average molecular weight is 402 g/mol. The molecule has 2 aromatic heterocycles. The molecule has 1 amide bonds. The Balaban J connectivity index is 1.72. The molecule has 0 aliphatic carbocycles. The van der Waals surface area contributed by atoms with Crippen molar-refractivity contribution in [3.8, 4) is 17.1 Å². The van der Waals surface area contributed by atoms with E-state index in [2.05, 4.69) is 35.8 Å². The van der Waals surface area contributed by atoms with Gasteiger partial charge in [0.15, 0.2) is 5.69 Å². The molecule has 0 radical (unpaired) electrons. The van der Waals surface area contributed by atoms with E-state index in [4.69, 9.17) is 5.73 Å². The maximum Gasteiger partial charge on any atom is 0.292 e. The van der Waals surface area contributed by atoms with E-state index in [0.717, 1.165) is 11.1 Å². The number of carbonyl (C=O) groups is 1. The SMILES string of the molecule is C/C(=N\NC(=O)c1c(-c2ccccc2)nnn1-c1nonc1N)c1ccc(C)cc1. The van der Waals surface area contributed by atoms with Crippen LogP contribution in [0.5, 0.6) is 0 Å². The van der Waals surface area contributed by atoms with Crippen LogP contribution < -0.4 is 11.2 Å². The Bertz CT molecular complexity index is 1210. The fourth-order valence-corrected chi connectivity index (χ4v) is 2.81. The van der Waals surface area contributed by atoms with E-state index in [0.29, 0.717) is 17.0 Å². The molecular weight excluding hydrogens is 384 g/mol. The molecule has 30 heavy (non-hydrogen) atoms. The first-order valence-corrected chi connectivity index (χ1v) is 9.06. The van der Waals surface area contributed by atoms with Gasteiger partial charge in [0.05, 0.1) is 5.71 Å². The number of nitrogens with two attached hydrogens (primary N) is 1. The number of amides is 1. The van der Waals surface area contributed by atoms with E-state index in [9.17, 15) is 4.79 Å². The van der Waals surface area contributed by atoms with Gasteiger partial charge in [-0.3, -0.25) is 4.79 Å². The first-order chi connectivity index (χ1) is 14.5. The summed E-state index contributed by atoms with van der Waals surface area (Å²) in [5, 5.41) is 19.6. The van der Waals surface area contributed by atoms with Gasteiger partial charge in [-0.1, -0.05) is 65.4 Å². The first kappa shape index (κ1) is 19.0. The lowest BCUT2D eigenvalue weighted by Crippen LogP contribution is -2.23. The van der Waals surface area contributed by atoms with Crippen LogP contribution in [-0.4, -0.2) is 36.9 Å². The van der Waals surface area contributed by atoms with Crippen LogP contribution in [0.2, 0.25) is 0 Å². The fourth-order valence-electron chi connectivity index (χ4n) is 2.81. The van der Waals surface area contributed by atoms with Crippen molar-refractivity contribution in [2.75, 3.05) is 5.73 Å². The molecule has 150 valence electrons. The molecule has 0 saturated heterocycles. The lowest BCUT2D eigenvalue weighted by atomic mass is 10.1. The molecule has 0 fully saturated rings. The van der Waals surface area contributed by atoms with Crippen molar-refractivity contribution in [1.29, 1.82) is 0 Å². The second kappa shape index (κ2) is 7.95. The van der Waals surface area contributed by atoms with E-state index < -0.39 is 5.91 Å². The molecule has 4 rings (SSSR count). The minimum atomic E-state index is -0.535. The number of benzene rings is 2. The highest BCUT2D eigenvalue weighted by molar-refractivity contribution is 6.02. The number of carbonyl (C=O) groups excluding carboxylic acids is 1. The van der Waals surface area contributed by atoms with Gasteiger partial charge < -0.3 is 5.73 Å². The Kier molecular flexibility index (Phi) is 5.04. The van der Waals surface area contributed by atoms with Gasteiger partial charge in [-0.05, 0) is 29.7 Å². The lowest BCUT2D eigenvalue weighted by Gasteiger charge is -2.06. The van der Waals surface area contributed by atoms with Crippen LogP contribution in [0.1, 0.15) is 28.5 Å². The third kappa shape index (κ3) is 3.65. The highest BCUT2D eigenvalue weighted by Gasteiger charge is 2.25. The summed E-state index contributed by atoms with van der Waals surface area (Å²) in [5.41, 5.74) is 12.2. The smallest absolute Gasteiger partial charge is 0.292 e. The van der Waals surface area contributed by atoms with Crippen molar-refractivity contribution in [2.24, 2.45) is 5.10 Å². The summed E-state index contributed by atoms with van der Waals surface area (Å²) in [7, 11) is 0. The van der Waals surface area contributed by atoms with Crippen LogP contribution in [0, 0.1) is 6.92 Å². The van der Waals surface area contributed by atoms with Gasteiger partial charge in [0.25, 0.3) is 5.91 Å². The number of nitrogen functional groups attached to an aromatic ring is 1. The number of anilines is 1. The van der Waals surface area contributed by atoms with Crippen LogP contribution in [0.25, 0.3) is 17.1 Å². The molecule has 2 heterocycles. The van der Waals surface area contributed by atoms with Crippen LogP contribution >= 0.6 is 0 Å². The van der Waals surface area contributed by atoms with E-state index in [-0.39, 0.29) is 17.3 Å². The highest BCUT2D eigenvalue weighted by atomic mass is 16.6. The number of aryl methyl sites for hydroxylation is 1. The second-order valence-corrected chi connectivity index (χ2v) is 6.54. The standard InChI is InChI=1S/C20H18N8O2/c1-12-8-10-14(11-9-12)13(2)22-24-20(29)17-16(15-6-4-3-5-7-15)23-27-28(17)19-18(21)25-30-26-19/h3-11H,1-2H3,(H2,21,25)(H,24,29)/b22-13+. The number of nitrogens with one attached hydrogen (secondary N) is 1. The topological polar surface area (TPSA) is 137 Å². The number of hydrogen-bond acceptors (Lipinski definition) is 8. The predicted molar refractivity (Wildman–Crippen MR) is 110 cm³/mol. The average Bonchev–Trinajstić information content (AvgIpc) is 3.39. The van der Waals surface area contributed by atoms with Gasteiger partial charge in [-0.25, -0.2) is 10.1 Å². The molecule has 2 aromatic carbocycles. The van der Waals surface area contributed by atoms with E-state index in [1.165, 1.54) is 4.68 Å². The van der Waals surface area contributed by atoms with E-state index in [1.54, 1.807) is 6.92 Å². The summed E-state index contributed by atoms with van der Waals surface area (Å²) < 4.78 is 5.82. The molecule has 0 spiro atoms. The molecule has 0 atom stereocenters. The fraction of sp³-hybridized carbons (Fsp3) is 0.100. The number of hydrazone groups is 1. The Hall–Kier alpha value is -4.34. The number of aromatic nitrogens is 5. The Morgan fingerprint density at radius 1 is 1.10 bits per heavy atom. The maximum absolute atomic E-state index is 13.1. The minimum Gasteiger partial charge on any atom is -0.378 e. The summed E-state index contributed by atoms with van der Waals surface area (Å²) in [6.45, 7) is 3.81. The Labute approximate surface area is 171 Å². The molecular formula is C20H18N8O2. The second-order valence-electron chi connectivity index (χ2n) is 6.54. The van der Waals surface area contributed by atoms with Crippen molar-refractivity contribution in [1.82, 2.24) is 30.7 Å². The van der Waals surface area contributed by atoms with Crippen molar-refractivity contribution in [3.05, 3.63) is 71.4 Å². The number of rotatable bonds is 5. The van der Waals surface area contributed by atoms with Gasteiger partial charge in [0.2, 0.25) is 11.6 Å². The van der Waals surface area contributed by atoms with Crippen LogP contribution in [-0.2, 0) is 0 Å². The van der Waals surface area contributed by atoms with Crippen LogP contribution in [0.15, 0.2) is 64.3 Å². The summed E-state index contributed by atoms with van der Waals surface area (Å²) in [4.78, 5) is 13.1. The van der Waals surface area contributed by atoms with Crippen molar-refractivity contribution >= 4 is 17.4 Å². The summed E-state index contributed by atoms with van der Waals surface area (Å²) in [6, 6.07) is 17.0. The Morgan fingerprint density at radius 3 is 2.50 bits per heavy atom. The molecule has 10 nitrogen and oxygen atoms in total. The molecule has 0 bridgehead atoms. The first-order valence-electron chi connectivity index (χ1n) is 9.06. The normalized spacial score (nSPS) is 11.5. The zero-order valence-electron chi connectivity index (χ0n) is 16.3. The Morgan fingerprint density at radius 2 is 1.83 bits per heavy atom. The van der Waals surface area contributed by atoms with Crippen molar-refractivity contribution in [3.63, 3.8) is 0 Å². The maximum atomic E-state index is 13.1. The van der Waals surface area contributed by atoms with Gasteiger partial charge in [-0.15, -0.1) is 5.10 Å². The van der Waals surface area contributed by atoms with Gasteiger partial charge in [0.1, 0.15) is 5.69 Å². The van der Waals surface area contributed by atoms with E-state index in [1.807, 2.05) is 61.5 Å². The van der Waals surface area contributed by atoms with Crippen molar-refractivity contribution < 1.29 is 9.42 Å². The van der Waals surface area contributed by atoms with Crippen molar-refractivity contribution in [2.45, 2.75) is 13.8 Å². The number of hydrogen-bond donors (Lipinski definition) is 2. The molecule has 0 aliphatic rings. The largest absolute Gasteiger partial charge is 0.378 e. The van der Waals surface area contributed by atoms with Gasteiger partial charge in [0, 0.05) is 5.56 Å². The highest BCUT2D eigenvalue weighted by Crippen LogP contribution is 2.24. The number of nitrogens with zero attached hydrogens (tertiary/aromatic N) is 6. The lowest BCUT2D eigenvalue weighted by molar-refractivity contribution is 0.0947. The molecule has 0 unspecified atom stereocenters. The third-order valence-corrected chi connectivity index (χ3v) is 4.42. The van der Waals surface area contributed by atoms with Crippen LogP contribution in [0.3, 0.4) is 0 Å². The zero-order valence-corrected chi connectivity index (χ0v) is 16.3. The molecule has 0 saturated carbocycles. The molecule has 0 aliphatic heterocycles. The van der Waals surface area contributed by atoms with Gasteiger partial charge in [-0.2, -0.15) is 9.78 Å². The van der Waals surface area contributed by atoms with Gasteiger partial charge >= 0.3 is 0 Å². The van der Waals surface area contributed by atoms with E-state index >= 15 is 0 Å². The summed E-state index contributed by atoms with van der Waals surface area (Å²) >= 11 is 0. The minimum absolute atomic E-state index is 0.0205.